The highest BCUT2D eigenvalue weighted by atomic mass is 16.2. The first-order valence-electron chi connectivity index (χ1n) is 8.56. The normalized spacial score (nSPS) is 19.6. The summed E-state index contributed by atoms with van der Waals surface area (Å²) in [6.45, 7) is 0.618. The van der Waals surface area contributed by atoms with E-state index >= 15 is 0 Å². The number of H-pyrrole nitrogens is 1. The molecule has 1 heterocycles. The molecule has 1 aromatic heterocycles. The summed E-state index contributed by atoms with van der Waals surface area (Å²) in [5, 5.41) is 7.44. The molecule has 0 radical (unpaired) electrons. The van der Waals surface area contributed by atoms with Gasteiger partial charge in [-0.05, 0) is 48.8 Å². The van der Waals surface area contributed by atoms with E-state index in [1.807, 2.05) is 11.9 Å². The van der Waals surface area contributed by atoms with Crippen molar-refractivity contribution in [3.8, 4) is 0 Å². The van der Waals surface area contributed by atoms with Gasteiger partial charge >= 0.3 is 0 Å². The first-order chi connectivity index (χ1) is 11.2. The predicted octanol–water partition coefficient (Wildman–Crippen LogP) is 3.37. The van der Waals surface area contributed by atoms with Gasteiger partial charge in [-0.2, -0.15) is 5.10 Å². The van der Waals surface area contributed by atoms with E-state index in [4.69, 9.17) is 0 Å². The summed E-state index contributed by atoms with van der Waals surface area (Å²) >= 11 is 0. The molecule has 1 aromatic carbocycles. The van der Waals surface area contributed by atoms with Crippen LogP contribution in [0.5, 0.6) is 0 Å². The third-order valence-corrected chi connectivity index (χ3v) is 5.16. The highest BCUT2D eigenvalue weighted by Gasteiger charge is 2.27. The van der Waals surface area contributed by atoms with Crippen LogP contribution in [0.2, 0.25) is 0 Å². The number of nitrogens with zero attached hydrogens (tertiary/aromatic N) is 2. The van der Waals surface area contributed by atoms with E-state index in [0.717, 1.165) is 24.2 Å². The molecule has 120 valence electrons. The summed E-state index contributed by atoms with van der Waals surface area (Å²) in [6.07, 6.45) is 5.30. The zero-order valence-corrected chi connectivity index (χ0v) is 13.6. The average Bonchev–Trinajstić information content (AvgIpc) is 3.18. The van der Waals surface area contributed by atoms with Gasteiger partial charge in [-0.15, -0.1) is 0 Å². The van der Waals surface area contributed by atoms with Crippen LogP contribution < -0.4 is 0 Å². The topological polar surface area (TPSA) is 49.0 Å². The Bertz CT molecular complexity index is 717. The minimum absolute atomic E-state index is 0.217. The molecular formula is C19H23N3O. The number of fused-ring (bicyclic) bond motifs is 1. The number of nitrogens with one attached hydrogen (secondary N) is 1. The summed E-state index contributed by atoms with van der Waals surface area (Å²) in [7, 11) is 1.89. The Kier molecular flexibility index (Phi) is 3.68. The van der Waals surface area contributed by atoms with Crippen LogP contribution in [0.1, 0.15) is 60.0 Å². The molecule has 2 aromatic rings. The number of aromatic nitrogens is 2. The number of aromatic amines is 1. The number of benzene rings is 1. The Hall–Kier alpha value is -2.10. The summed E-state index contributed by atoms with van der Waals surface area (Å²) in [4.78, 5) is 14.4. The van der Waals surface area contributed by atoms with Gasteiger partial charge in [0.15, 0.2) is 0 Å². The quantitative estimate of drug-likeness (QED) is 0.920. The maximum Gasteiger partial charge on any atom is 0.223 e. The van der Waals surface area contributed by atoms with Crippen LogP contribution in [0.25, 0.3) is 0 Å². The van der Waals surface area contributed by atoms with Crippen LogP contribution in [-0.4, -0.2) is 28.1 Å². The van der Waals surface area contributed by atoms with Gasteiger partial charge in [-0.1, -0.05) is 24.3 Å². The fourth-order valence-electron chi connectivity index (χ4n) is 3.62. The Morgan fingerprint density at radius 1 is 1.30 bits per heavy atom. The third kappa shape index (κ3) is 3.03. The Morgan fingerprint density at radius 3 is 2.96 bits per heavy atom. The van der Waals surface area contributed by atoms with Crippen molar-refractivity contribution < 1.29 is 4.79 Å². The first-order valence-corrected chi connectivity index (χ1v) is 8.56. The van der Waals surface area contributed by atoms with E-state index in [9.17, 15) is 4.79 Å². The van der Waals surface area contributed by atoms with Crippen LogP contribution in [0.4, 0.5) is 0 Å². The molecule has 4 rings (SSSR count). The van der Waals surface area contributed by atoms with Crippen molar-refractivity contribution in [2.75, 3.05) is 7.05 Å². The monoisotopic (exact) mass is 309 g/mol. The number of carbonyl (C=O) groups is 1. The van der Waals surface area contributed by atoms with E-state index in [1.54, 1.807) is 0 Å². The van der Waals surface area contributed by atoms with Crippen molar-refractivity contribution in [3.63, 3.8) is 0 Å². The molecule has 0 saturated heterocycles. The van der Waals surface area contributed by atoms with Crippen molar-refractivity contribution in [3.05, 3.63) is 52.8 Å². The molecule has 2 aliphatic carbocycles. The van der Waals surface area contributed by atoms with Crippen molar-refractivity contribution in [2.24, 2.45) is 0 Å². The van der Waals surface area contributed by atoms with E-state index in [0.29, 0.717) is 24.8 Å². The zero-order chi connectivity index (χ0) is 15.8. The molecule has 1 saturated carbocycles. The Morgan fingerprint density at radius 2 is 2.13 bits per heavy atom. The fourth-order valence-corrected chi connectivity index (χ4v) is 3.62. The van der Waals surface area contributed by atoms with Gasteiger partial charge in [0.1, 0.15) is 0 Å². The molecule has 2 aliphatic rings. The SMILES string of the molecule is CN(Cc1cc(C2CC2)n[nH]1)C(=O)C[C@@H]1CCc2ccccc21. The van der Waals surface area contributed by atoms with Crippen LogP contribution in [0.15, 0.2) is 30.3 Å². The standard InChI is InChI=1S/C19H23N3O/c1-22(12-16-11-18(21-20-16)14-7-8-14)19(23)10-15-9-6-13-4-2-3-5-17(13)15/h2-5,11,14-15H,6-10,12H2,1H3,(H,20,21)/t15-/m0/s1. The van der Waals surface area contributed by atoms with Gasteiger partial charge in [0, 0.05) is 19.4 Å². The number of aryl methyl sites for hydroxylation is 1. The van der Waals surface area contributed by atoms with Crippen LogP contribution >= 0.6 is 0 Å². The third-order valence-electron chi connectivity index (χ3n) is 5.16. The van der Waals surface area contributed by atoms with Gasteiger partial charge in [0.25, 0.3) is 0 Å². The highest BCUT2D eigenvalue weighted by Crippen LogP contribution is 2.39. The van der Waals surface area contributed by atoms with E-state index < -0.39 is 0 Å². The lowest BCUT2D eigenvalue weighted by Gasteiger charge is -2.19. The second-order valence-corrected chi connectivity index (χ2v) is 6.98. The lowest BCUT2D eigenvalue weighted by atomic mass is 9.97. The van der Waals surface area contributed by atoms with E-state index in [-0.39, 0.29) is 5.91 Å². The molecule has 4 nitrogen and oxygen atoms in total. The Labute approximate surface area is 136 Å². The molecule has 0 unspecified atom stereocenters. The maximum absolute atomic E-state index is 12.6. The lowest BCUT2D eigenvalue weighted by molar-refractivity contribution is -0.130. The number of rotatable bonds is 5. The first kappa shape index (κ1) is 14.5. The van der Waals surface area contributed by atoms with Gasteiger partial charge < -0.3 is 4.90 Å². The smallest absolute Gasteiger partial charge is 0.223 e. The molecule has 1 N–H and O–H groups in total. The molecule has 0 aliphatic heterocycles. The molecular weight excluding hydrogens is 286 g/mol. The van der Waals surface area contributed by atoms with Crippen LogP contribution in [-0.2, 0) is 17.8 Å². The maximum atomic E-state index is 12.6. The van der Waals surface area contributed by atoms with E-state index in [2.05, 4.69) is 40.5 Å². The summed E-state index contributed by atoms with van der Waals surface area (Å²) in [5.41, 5.74) is 4.97. The van der Waals surface area contributed by atoms with E-state index in [1.165, 1.54) is 24.0 Å². The van der Waals surface area contributed by atoms with Crippen molar-refractivity contribution in [1.82, 2.24) is 15.1 Å². The van der Waals surface area contributed by atoms with Crippen LogP contribution in [0.3, 0.4) is 0 Å². The highest BCUT2D eigenvalue weighted by molar-refractivity contribution is 5.77. The second-order valence-electron chi connectivity index (χ2n) is 6.98. The predicted molar refractivity (Wildman–Crippen MR) is 89.2 cm³/mol. The van der Waals surface area contributed by atoms with Crippen LogP contribution in [0, 0.1) is 0 Å². The minimum Gasteiger partial charge on any atom is -0.340 e. The number of hydrogen-bond acceptors (Lipinski definition) is 2. The summed E-state index contributed by atoms with van der Waals surface area (Å²) in [5.74, 6) is 1.25. The van der Waals surface area contributed by atoms with Crippen molar-refractivity contribution in [2.45, 2.75) is 50.5 Å². The summed E-state index contributed by atoms with van der Waals surface area (Å²) < 4.78 is 0. The van der Waals surface area contributed by atoms with Gasteiger partial charge in [-0.25, -0.2) is 0 Å². The van der Waals surface area contributed by atoms with Crippen molar-refractivity contribution in [1.29, 1.82) is 0 Å². The molecule has 0 spiro atoms. The molecule has 4 heteroatoms. The molecule has 1 amide bonds. The van der Waals surface area contributed by atoms with Crippen molar-refractivity contribution >= 4 is 5.91 Å². The zero-order valence-electron chi connectivity index (χ0n) is 13.6. The molecule has 1 fully saturated rings. The fraction of sp³-hybridized carbons (Fsp3) is 0.474. The number of hydrogen-bond donors (Lipinski definition) is 1. The Balaban J connectivity index is 1.37. The lowest BCUT2D eigenvalue weighted by Crippen LogP contribution is -2.27. The minimum atomic E-state index is 0.217. The largest absolute Gasteiger partial charge is 0.340 e. The summed E-state index contributed by atoms with van der Waals surface area (Å²) in [6, 6.07) is 10.6. The number of amides is 1. The van der Waals surface area contributed by atoms with Gasteiger partial charge in [0.2, 0.25) is 5.91 Å². The second kappa shape index (κ2) is 5.84. The number of carbonyl (C=O) groups excluding carboxylic acids is 1. The molecule has 0 bridgehead atoms. The van der Waals surface area contributed by atoms with Gasteiger partial charge in [0.05, 0.1) is 17.9 Å². The molecule has 1 atom stereocenters. The molecule has 23 heavy (non-hydrogen) atoms. The average molecular weight is 309 g/mol. The van der Waals surface area contributed by atoms with Gasteiger partial charge in [-0.3, -0.25) is 9.89 Å².